The fraction of sp³-hybridized carbons (Fsp3) is 0.571. The maximum Gasteiger partial charge on any atom is 0.265 e. The quantitative estimate of drug-likeness (QED) is 0.672. The standard InChI is InChI=1S/C14H24N4O2S/c1-5-6-7-8-17-13-9(12(19)16-2)10(15)11(21-13)14(20)18(3)4/h17H,5-8,15H2,1-4H3,(H,16,19). The van der Waals surface area contributed by atoms with Crippen LogP contribution in [0.25, 0.3) is 0 Å². The SMILES string of the molecule is CCCCCNc1sc(C(=O)N(C)C)c(N)c1C(=O)NC. The zero-order valence-electron chi connectivity index (χ0n) is 13.1. The Labute approximate surface area is 129 Å². The largest absolute Gasteiger partial charge is 0.397 e. The van der Waals surface area contributed by atoms with Crippen LogP contribution in [0.15, 0.2) is 0 Å². The number of hydrogen-bond donors (Lipinski definition) is 3. The molecule has 118 valence electrons. The van der Waals surface area contributed by atoms with Crippen LogP contribution >= 0.6 is 11.3 Å². The summed E-state index contributed by atoms with van der Waals surface area (Å²) in [6.45, 7) is 2.89. The summed E-state index contributed by atoms with van der Waals surface area (Å²) < 4.78 is 0. The number of carbonyl (C=O) groups is 2. The smallest absolute Gasteiger partial charge is 0.265 e. The molecule has 0 atom stereocenters. The van der Waals surface area contributed by atoms with Gasteiger partial charge in [0.05, 0.1) is 11.3 Å². The molecule has 1 aromatic rings. The highest BCUT2D eigenvalue weighted by molar-refractivity contribution is 7.19. The van der Waals surface area contributed by atoms with Crippen molar-refractivity contribution in [1.29, 1.82) is 0 Å². The molecule has 1 aromatic heterocycles. The lowest BCUT2D eigenvalue weighted by molar-refractivity contribution is 0.0833. The van der Waals surface area contributed by atoms with E-state index < -0.39 is 0 Å². The van der Waals surface area contributed by atoms with Gasteiger partial charge in [0.15, 0.2) is 0 Å². The summed E-state index contributed by atoms with van der Waals surface area (Å²) in [4.78, 5) is 26.0. The number of hydrogen-bond acceptors (Lipinski definition) is 5. The summed E-state index contributed by atoms with van der Waals surface area (Å²) in [5, 5.41) is 6.45. The molecular formula is C14H24N4O2S. The van der Waals surface area contributed by atoms with E-state index in [-0.39, 0.29) is 17.5 Å². The third kappa shape index (κ3) is 4.10. The first kappa shape index (κ1) is 17.3. The normalized spacial score (nSPS) is 10.3. The fourth-order valence-corrected chi connectivity index (χ4v) is 3.02. The monoisotopic (exact) mass is 312 g/mol. The molecule has 0 aliphatic carbocycles. The topological polar surface area (TPSA) is 87.5 Å². The number of nitrogens with zero attached hydrogens (tertiary/aromatic N) is 1. The molecule has 0 saturated heterocycles. The molecule has 0 spiro atoms. The molecule has 0 saturated carbocycles. The van der Waals surface area contributed by atoms with Gasteiger partial charge in [-0.05, 0) is 6.42 Å². The Kier molecular flexibility index (Phi) is 6.48. The Morgan fingerprint density at radius 2 is 1.95 bits per heavy atom. The molecule has 0 aliphatic heterocycles. The highest BCUT2D eigenvalue weighted by Gasteiger charge is 2.25. The zero-order valence-corrected chi connectivity index (χ0v) is 13.9. The van der Waals surface area contributed by atoms with Crippen molar-refractivity contribution < 1.29 is 9.59 Å². The van der Waals surface area contributed by atoms with E-state index in [0.717, 1.165) is 25.8 Å². The van der Waals surface area contributed by atoms with E-state index >= 15 is 0 Å². The molecule has 0 bridgehead atoms. The van der Waals surface area contributed by atoms with Gasteiger partial charge in [-0.15, -0.1) is 11.3 Å². The van der Waals surface area contributed by atoms with Crippen molar-refractivity contribution in [3.05, 3.63) is 10.4 Å². The van der Waals surface area contributed by atoms with Gasteiger partial charge in [0.25, 0.3) is 11.8 Å². The molecule has 0 fully saturated rings. The van der Waals surface area contributed by atoms with Crippen molar-refractivity contribution in [2.45, 2.75) is 26.2 Å². The molecule has 0 radical (unpaired) electrons. The molecule has 4 N–H and O–H groups in total. The summed E-state index contributed by atoms with van der Waals surface area (Å²) in [7, 11) is 4.87. The van der Waals surface area contributed by atoms with Crippen LogP contribution in [-0.2, 0) is 0 Å². The number of amides is 2. The number of rotatable bonds is 7. The minimum Gasteiger partial charge on any atom is -0.397 e. The van der Waals surface area contributed by atoms with Gasteiger partial charge in [-0.3, -0.25) is 9.59 Å². The fourth-order valence-electron chi connectivity index (χ4n) is 1.86. The minimum absolute atomic E-state index is 0.190. The van der Waals surface area contributed by atoms with Gasteiger partial charge in [0, 0.05) is 27.7 Å². The molecule has 7 heteroatoms. The molecule has 21 heavy (non-hydrogen) atoms. The van der Waals surface area contributed by atoms with Gasteiger partial charge < -0.3 is 21.3 Å². The minimum atomic E-state index is -0.278. The average Bonchev–Trinajstić information content (AvgIpc) is 2.78. The number of nitrogens with one attached hydrogen (secondary N) is 2. The lowest BCUT2D eigenvalue weighted by Crippen LogP contribution is -2.23. The van der Waals surface area contributed by atoms with E-state index in [2.05, 4.69) is 17.6 Å². The summed E-state index contributed by atoms with van der Waals surface area (Å²) in [5.74, 6) is -0.469. The van der Waals surface area contributed by atoms with E-state index in [1.807, 2.05) is 0 Å². The van der Waals surface area contributed by atoms with Crippen LogP contribution in [0.5, 0.6) is 0 Å². The molecule has 2 amide bonds. The Morgan fingerprint density at radius 1 is 1.29 bits per heavy atom. The van der Waals surface area contributed by atoms with Crippen molar-refractivity contribution in [3.8, 4) is 0 Å². The molecule has 0 unspecified atom stereocenters. The van der Waals surface area contributed by atoms with E-state index in [4.69, 9.17) is 5.73 Å². The third-order valence-electron chi connectivity index (χ3n) is 3.07. The zero-order chi connectivity index (χ0) is 16.0. The average molecular weight is 312 g/mol. The molecule has 1 heterocycles. The summed E-state index contributed by atoms with van der Waals surface area (Å²) >= 11 is 1.24. The van der Waals surface area contributed by atoms with Crippen LogP contribution in [0.3, 0.4) is 0 Å². The van der Waals surface area contributed by atoms with Gasteiger partial charge in [-0.2, -0.15) is 0 Å². The second-order valence-corrected chi connectivity index (χ2v) is 5.98. The first-order chi connectivity index (χ1) is 9.93. The van der Waals surface area contributed by atoms with Gasteiger partial charge in [0.2, 0.25) is 0 Å². The van der Waals surface area contributed by atoms with Gasteiger partial charge in [0.1, 0.15) is 9.88 Å². The maximum absolute atomic E-state index is 12.1. The molecule has 0 aliphatic rings. The first-order valence-electron chi connectivity index (χ1n) is 7.03. The lowest BCUT2D eigenvalue weighted by Gasteiger charge is -2.08. The predicted octanol–water partition coefficient (Wildman–Crippen LogP) is 1.99. The van der Waals surface area contributed by atoms with Crippen LogP contribution < -0.4 is 16.4 Å². The van der Waals surface area contributed by atoms with Crippen molar-refractivity contribution in [1.82, 2.24) is 10.2 Å². The Balaban J connectivity index is 3.06. The van der Waals surface area contributed by atoms with E-state index in [0.29, 0.717) is 15.4 Å². The van der Waals surface area contributed by atoms with Crippen LogP contribution in [0.4, 0.5) is 10.7 Å². The molecule has 1 rings (SSSR count). The number of nitrogens with two attached hydrogens (primary N) is 1. The highest BCUT2D eigenvalue weighted by atomic mass is 32.1. The molecule has 6 nitrogen and oxygen atoms in total. The summed E-state index contributed by atoms with van der Waals surface area (Å²) in [5.41, 5.74) is 6.62. The van der Waals surface area contributed by atoms with Crippen LogP contribution in [0.1, 0.15) is 46.2 Å². The number of thiophene rings is 1. The predicted molar refractivity (Wildman–Crippen MR) is 88.2 cm³/mol. The Morgan fingerprint density at radius 3 is 2.48 bits per heavy atom. The Hall–Kier alpha value is -1.76. The second-order valence-electron chi connectivity index (χ2n) is 4.96. The summed E-state index contributed by atoms with van der Waals surface area (Å²) in [6.07, 6.45) is 3.26. The van der Waals surface area contributed by atoms with E-state index in [1.54, 1.807) is 21.1 Å². The number of anilines is 2. The van der Waals surface area contributed by atoms with Crippen LogP contribution in [0.2, 0.25) is 0 Å². The van der Waals surface area contributed by atoms with E-state index in [9.17, 15) is 9.59 Å². The van der Waals surface area contributed by atoms with E-state index in [1.165, 1.54) is 16.2 Å². The van der Waals surface area contributed by atoms with Gasteiger partial charge in [-0.25, -0.2) is 0 Å². The van der Waals surface area contributed by atoms with Crippen molar-refractivity contribution in [2.24, 2.45) is 0 Å². The third-order valence-corrected chi connectivity index (χ3v) is 4.22. The number of nitrogen functional groups attached to an aromatic ring is 1. The van der Waals surface area contributed by atoms with Crippen LogP contribution in [0, 0.1) is 0 Å². The van der Waals surface area contributed by atoms with Crippen molar-refractivity contribution >= 4 is 33.8 Å². The Bertz CT molecular complexity index is 511. The van der Waals surface area contributed by atoms with Crippen molar-refractivity contribution in [2.75, 3.05) is 38.7 Å². The maximum atomic E-state index is 12.1. The lowest BCUT2D eigenvalue weighted by atomic mass is 10.2. The van der Waals surface area contributed by atoms with Crippen LogP contribution in [-0.4, -0.2) is 44.4 Å². The molecular weight excluding hydrogens is 288 g/mol. The molecule has 0 aromatic carbocycles. The first-order valence-corrected chi connectivity index (χ1v) is 7.85. The number of unbranched alkanes of at least 4 members (excludes halogenated alkanes) is 2. The second kappa shape index (κ2) is 7.87. The summed E-state index contributed by atoms with van der Waals surface area (Å²) in [6, 6.07) is 0. The van der Waals surface area contributed by atoms with Crippen molar-refractivity contribution in [3.63, 3.8) is 0 Å². The van der Waals surface area contributed by atoms with Gasteiger partial charge in [-0.1, -0.05) is 19.8 Å². The van der Waals surface area contributed by atoms with Gasteiger partial charge >= 0.3 is 0 Å². The number of carbonyl (C=O) groups excluding carboxylic acids is 2. The highest BCUT2D eigenvalue weighted by Crippen LogP contribution is 2.36.